The lowest BCUT2D eigenvalue weighted by molar-refractivity contribution is -0.115. The fourth-order valence-corrected chi connectivity index (χ4v) is 1.89. The van der Waals surface area contributed by atoms with Gasteiger partial charge < -0.3 is 18.9 Å². The summed E-state index contributed by atoms with van der Waals surface area (Å²) in [5.41, 5.74) is 1.72. The fraction of sp³-hybridized carbons (Fsp3) is 0.750. The first-order valence-electron chi connectivity index (χ1n) is 5.58. The van der Waals surface area contributed by atoms with Gasteiger partial charge in [-0.1, -0.05) is 0 Å². The van der Waals surface area contributed by atoms with Crippen LogP contribution in [0.4, 0.5) is 0 Å². The van der Waals surface area contributed by atoms with Crippen molar-refractivity contribution in [1.29, 1.82) is 0 Å². The molecule has 1 aliphatic carbocycles. The number of carbonyl (C=O) groups excluding carboxylic acids is 1. The highest BCUT2D eigenvalue weighted by Gasteiger charge is 2.28. The monoisotopic (exact) mass is 244 g/mol. The molecule has 17 heavy (non-hydrogen) atoms. The maximum Gasteiger partial charge on any atom is 0.147 e. The van der Waals surface area contributed by atoms with Gasteiger partial charge in [0.2, 0.25) is 0 Å². The molecule has 1 aliphatic rings. The lowest BCUT2D eigenvalue weighted by atomic mass is 9.89. The van der Waals surface area contributed by atoms with Crippen molar-refractivity contribution in [3.8, 4) is 0 Å². The minimum absolute atomic E-state index is 0.0410. The second-order valence-corrected chi connectivity index (χ2v) is 4.02. The van der Waals surface area contributed by atoms with Crippen molar-refractivity contribution in [2.75, 3.05) is 27.8 Å². The van der Waals surface area contributed by atoms with Crippen molar-refractivity contribution in [1.82, 2.24) is 0 Å². The van der Waals surface area contributed by atoms with Gasteiger partial charge in [0.05, 0.1) is 12.2 Å². The molecule has 0 heterocycles. The van der Waals surface area contributed by atoms with Crippen LogP contribution in [-0.4, -0.2) is 46.3 Å². The molecule has 0 saturated carbocycles. The number of hydrogen-bond donors (Lipinski definition) is 0. The van der Waals surface area contributed by atoms with Gasteiger partial charge in [0.25, 0.3) is 0 Å². The highest BCUT2D eigenvalue weighted by molar-refractivity contribution is 5.75. The summed E-state index contributed by atoms with van der Waals surface area (Å²) in [7, 11) is 3.14. The maximum atomic E-state index is 11.0. The molecule has 1 rings (SSSR count). The topological polar surface area (TPSA) is 54.0 Å². The Morgan fingerprint density at radius 3 is 2.47 bits per heavy atom. The lowest BCUT2D eigenvalue weighted by Gasteiger charge is -2.30. The molecule has 0 N–H and O–H groups in total. The van der Waals surface area contributed by atoms with Gasteiger partial charge in [-0.2, -0.15) is 0 Å². The summed E-state index contributed by atoms with van der Waals surface area (Å²) in [4.78, 5) is 11.0. The van der Waals surface area contributed by atoms with Crippen LogP contribution in [0.5, 0.6) is 0 Å². The molecule has 0 aliphatic heterocycles. The third-order valence-corrected chi connectivity index (χ3v) is 2.86. The second-order valence-electron chi connectivity index (χ2n) is 4.02. The SMILES string of the molecule is COCO[C@@H]1CC(C=O)=C(C)[C@@H](OCOC)C1. The standard InChI is InChI=1S/C12H20O5/c1-9-10(6-13)4-11(16-7-14-2)5-12(9)17-8-15-3/h6,11-12H,4-5,7-8H2,1-3H3/t11-,12+/m1/s1. The molecule has 0 unspecified atom stereocenters. The Morgan fingerprint density at radius 1 is 1.24 bits per heavy atom. The molecule has 0 radical (unpaired) electrons. The van der Waals surface area contributed by atoms with E-state index < -0.39 is 0 Å². The maximum absolute atomic E-state index is 11.0. The molecule has 0 aromatic carbocycles. The predicted octanol–water partition coefficient (Wildman–Crippen LogP) is 1.27. The fourth-order valence-electron chi connectivity index (χ4n) is 1.89. The Labute approximate surface area is 102 Å². The average molecular weight is 244 g/mol. The first-order chi connectivity index (χ1) is 8.22. The molecule has 0 bridgehead atoms. The van der Waals surface area contributed by atoms with Crippen LogP contribution in [0.25, 0.3) is 0 Å². The Kier molecular flexibility index (Phi) is 6.36. The summed E-state index contributed by atoms with van der Waals surface area (Å²) in [6, 6.07) is 0. The van der Waals surface area contributed by atoms with E-state index in [-0.39, 0.29) is 25.8 Å². The first-order valence-corrected chi connectivity index (χ1v) is 5.58. The molecular formula is C12H20O5. The Hall–Kier alpha value is -0.750. The van der Waals surface area contributed by atoms with E-state index in [9.17, 15) is 4.79 Å². The second kappa shape index (κ2) is 7.55. The van der Waals surface area contributed by atoms with Gasteiger partial charge in [-0.05, 0) is 18.1 Å². The van der Waals surface area contributed by atoms with E-state index in [4.69, 9.17) is 18.9 Å². The van der Waals surface area contributed by atoms with Crippen molar-refractivity contribution in [3.05, 3.63) is 11.1 Å². The Bertz CT molecular complexity index is 274. The van der Waals surface area contributed by atoms with Crippen LogP contribution in [0.1, 0.15) is 19.8 Å². The van der Waals surface area contributed by atoms with Crippen LogP contribution in [0, 0.1) is 0 Å². The quantitative estimate of drug-likeness (QED) is 0.498. The Morgan fingerprint density at radius 2 is 1.88 bits per heavy atom. The summed E-state index contributed by atoms with van der Waals surface area (Å²) >= 11 is 0. The van der Waals surface area contributed by atoms with Crippen molar-refractivity contribution < 1.29 is 23.7 Å². The highest BCUT2D eigenvalue weighted by atomic mass is 16.7. The molecule has 0 aromatic heterocycles. The minimum atomic E-state index is -0.120. The van der Waals surface area contributed by atoms with E-state index in [1.54, 1.807) is 14.2 Å². The average Bonchev–Trinajstić information content (AvgIpc) is 2.35. The van der Waals surface area contributed by atoms with E-state index >= 15 is 0 Å². The molecule has 2 atom stereocenters. The van der Waals surface area contributed by atoms with E-state index in [1.165, 1.54) is 0 Å². The molecule has 0 spiro atoms. The van der Waals surface area contributed by atoms with Gasteiger partial charge in [-0.25, -0.2) is 0 Å². The summed E-state index contributed by atoms with van der Waals surface area (Å²) in [5, 5.41) is 0. The van der Waals surface area contributed by atoms with Gasteiger partial charge in [-0.3, -0.25) is 4.79 Å². The third-order valence-electron chi connectivity index (χ3n) is 2.86. The molecule has 5 heteroatoms. The van der Waals surface area contributed by atoms with Crippen molar-refractivity contribution in [2.24, 2.45) is 0 Å². The largest absolute Gasteiger partial charge is 0.359 e. The van der Waals surface area contributed by atoms with Gasteiger partial charge in [0.15, 0.2) is 0 Å². The molecule has 0 saturated heterocycles. The van der Waals surface area contributed by atoms with Crippen LogP contribution < -0.4 is 0 Å². The minimum Gasteiger partial charge on any atom is -0.359 e. The van der Waals surface area contributed by atoms with Gasteiger partial charge in [-0.15, -0.1) is 0 Å². The van der Waals surface area contributed by atoms with Crippen molar-refractivity contribution in [2.45, 2.75) is 32.0 Å². The summed E-state index contributed by atoms with van der Waals surface area (Å²) in [6.07, 6.45) is 2.05. The molecule has 5 nitrogen and oxygen atoms in total. The Balaban J connectivity index is 2.64. The normalized spacial score (nSPS) is 25.1. The van der Waals surface area contributed by atoms with Crippen LogP contribution in [0.15, 0.2) is 11.1 Å². The predicted molar refractivity (Wildman–Crippen MR) is 61.5 cm³/mol. The van der Waals surface area contributed by atoms with E-state index in [1.807, 2.05) is 6.92 Å². The molecule has 0 aromatic rings. The van der Waals surface area contributed by atoms with E-state index in [0.29, 0.717) is 6.42 Å². The number of hydrogen-bond acceptors (Lipinski definition) is 5. The third kappa shape index (κ3) is 4.20. The highest BCUT2D eigenvalue weighted by Crippen LogP contribution is 2.28. The molecule has 98 valence electrons. The lowest BCUT2D eigenvalue weighted by Crippen LogP contribution is -2.31. The first kappa shape index (κ1) is 14.3. The molecule has 0 fully saturated rings. The molecule has 0 amide bonds. The zero-order valence-electron chi connectivity index (χ0n) is 10.6. The summed E-state index contributed by atoms with van der Waals surface area (Å²) in [6.45, 7) is 2.36. The van der Waals surface area contributed by atoms with Crippen LogP contribution >= 0.6 is 0 Å². The van der Waals surface area contributed by atoms with Crippen LogP contribution in [0.2, 0.25) is 0 Å². The summed E-state index contributed by atoms with van der Waals surface area (Å²) < 4.78 is 20.8. The smallest absolute Gasteiger partial charge is 0.147 e. The van der Waals surface area contributed by atoms with Crippen molar-refractivity contribution in [3.63, 3.8) is 0 Å². The van der Waals surface area contributed by atoms with Gasteiger partial charge in [0, 0.05) is 27.1 Å². The van der Waals surface area contributed by atoms with Crippen LogP contribution in [-0.2, 0) is 23.7 Å². The van der Waals surface area contributed by atoms with Crippen LogP contribution in [0.3, 0.4) is 0 Å². The van der Waals surface area contributed by atoms with Crippen molar-refractivity contribution >= 4 is 6.29 Å². The number of rotatable bonds is 7. The summed E-state index contributed by atoms with van der Waals surface area (Å²) in [5.74, 6) is 0. The van der Waals surface area contributed by atoms with E-state index in [0.717, 1.165) is 23.9 Å². The van der Waals surface area contributed by atoms with Gasteiger partial charge >= 0.3 is 0 Å². The number of ether oxygens (including phenoxy) is 4. The number of methoxy groups -OCH3 is 2. The number of carbonyl (C=O) groups is 1. The molecular weight excluding hydrogens is 224 g/mol. The van der Waals surface area contributed by atoms with Gasteiger partial charge in [0.1, 0.15) is 19.9 Å². The zero-order chi connectivity index (χ0) is 12.7. The van der Waals surface area contributed by atoms with E-state index in [2.05, 4.69) is 0 Å². The zero-order valence-corrected chi connectivity index (χ0v) is 10.6. The number of aldehydes is 1.